The Bertz CT molecular complexity index is 375. The molecular formula is C14H22ClNO. The summed E-state index contributed by atoms with van der Waals surface area (Å²) in [5.41, 5.74) is 2.54. The Morgan fingerprint density at radius 2 is 1.88 bits per heavy atom. The lowest BCUT2D eigenvalue weighted by atomic mass is 9.96. The van der Waals surface area contributed by atoms with E-state index in [1.807, 2.05) is 12.1 Å². The van der Waals surface area contributed by atoms with E-state index >= 15 is 0 Å². The second-order valence-corrected chi connectivity index (χ2v) is 5.28. The Labute approximate surface area is 109 Å². The van der Waals surface area contributed by atoms with Crippen molar-refractivity contribution in [2.24, 2.45) is 0 Å². The van der Waals surface area contributed by atoms with Crippen LogP contribution in [0.2, 0.25) is 5.02 Å². The van der Waals surface area contributed by atoms with Crippen LogP contribution in [0.1, 0.15) is 44.7 Å². The number of benzene rings is 1. The Morgan fingerprint density at radius 1 is 1.24 bits per heavy atom. The number of rotatable bonds is 5. The molecule has 1 N–H and O–H groups in total. The smallest absolute Gasteiger partial charge is 0.137 e. The topological polar surface area (TPSA) is 21.3 Å². The van der Waals surface area contributed by atoms with Gasteiger partial charge in [0.15, 0.2) is 0 Å². The third-order valence-electron chi connectivity index (χ3n) is 2.74. The first-order chi connectivity index (χ1) is 7.95. The summed E-state index contributed by atoms with van der Waals surface area (Å²) in [7, 11) is 1.65. The fourth-order valence-electron chi connectivity index (χ4n) is 1.77. The molecule has 0 unspecified atom stereocenters. The Morgan fingerprint density at radius 3 is 2.35 bits per heavy atom. The average molecular weight is 256 g/mol. The predicted molar refractivity (Wildman–Crippen MR) is 74.1 cm³/mol. The molecule has 96 valence electrons. The van der Waals surface area contributed by atoms with Gasteiger partial charge < -0.3 is 10.1 Å². The lowest BCUT2D eigenvalue weighted by molar-refractivity contribution is 0.414. The first kappa shape index (κ1) is 14.3. The van der Waals surface area contributed by atoms with Gasteiger partial charge in [-0.15, -0.1) is 0 Å². The van der Waals surface area contributed by atoms with Crippen LogP contribution < -0.4 is 10.1 Å². The molecule has 0 aliphatic rings. The first-order valence-electron chi connectivity index (χ1n) is 6.05. The van der Waals surface area contributed by atoms with Gasteiger partial charge in [0.1, 0.15) is 5.75 Å². The summed E-state index contributed by atoms with van der Waals surface area (Å²) < 4.78 is 5.26. The molecule has 0 heterocycles. The normalized spacial score (nSPS) is 11.3. The molecular weight excluding hydrogens is 234 g/mol. The van der Waals surface area contributed by atoms with Crippen molar-refractivity contribution < 1.29 is 4.74 Å². The van der Waals surface area contributed by atoms with Crippen molar-refractivity contribution >= 4 is 11.6 Å². The number of hydrogen-bond donors (Lipinski definition) is 1. The Kier molecular flexibility index (Phi) is 5.29. The van der Waals surface area contributed by atoms with E-state index in [4.69, 9.17) is 16.3 Å². The molecule has 1 rings (SSSR count). The van der Waals surface area contributed by atoms with Crippen molar-refractivity contribution in [1.82, 2.24) is 5.32 Å². The summed E-state index contributed by atoms with van der Waals surface area (Å²) in [5.74, 6) is 1.22. The lowest BCUT2D eigenvalue weighted by Crippen LogP contribution is -2.22. The van der Waals surface area contributed by atoms with Crippen LogP contribution in [-0.4, -0.2) is 13.2 Å². The van der Waals surface area contributed by atoms with E-state index in [0.717, 1.165) is 12.3 Å². The minimum Gasteiger partial charge on any atom is -0.495 e. The van der Waals surface area contributed by atoms with Crippen LogP contribution in [0.5, 0.6) is 5.75 Å². The second kappa shape index (κ2) is 6.27. The van der Waals surface area contributed by atoms with Gasteiger partial charge >= 0.3 is 0 Å². The zero-order valence-electron chi connectivity index (χ0n) is 11.3. The summed E-state index contributed by atoms with van der Waals surface area (Å²) in [6, 6.07) is 4.52. The van der Waals surface area contributed by atoms with Crippen LogP contribution >= 0.6 is 11.6 Å². The van der Waals surface area contributed by atoms with Gasteiger partial charge in [0.05, 0.1) is 12.1 Å². The maximum absolute atomic E-state index is 6.17. The van der Waals surface area contributed by atoms with Crippen molar-refractivity contribution in [3.05, 3.63) is 28.3 Å². The maximum Gasteiger partial charge on any atom is 0.137 e. The van der Waals surface area contributed by atoms with Gasteiger partial charge in [-0.3, -0.25) is 0 Å². The highest BCUT2D eigenvalue weighted by atomic mass is 35.5. The van der Waals surface area contributed by atoms with E-state index in [-0.39, 0.29) is 0 Å². The van der Waals surface area contributed by atoms with Crippen molar-refractivity contribution in [1.29, 1.82) is 0 Å². The van der Waals surface area contributed by atoms with Crippen LogP contribution in [0.25, 0.3) is 0 Å². The van der Waals surface area contributed by atoms with Crippen LogP contribution in [-0.2, 0) is 6.54 Å². The molecule has 17 heavy (non-hydrogen) atoms. The summed E-state index contributed by atoms with van der Waals surface area (Å²) in [6.07, 6.45) is 0. The van der Waals surface area contributed by atoms with Crippen LogP contribution in [0, 0.1) is 0 Å². The SMILES string of the molecule is COc1cc(C(C)C)c(CNC(C)C)cc1Cl. The van der Waals surface area contributed by atoms with Crippen molar-refractivity contribution in [2.45, 2.75) is 46.2 Å². The minimum absolute atomic E-state index is 0.463. The number of hydrogen-bond acceptors (Lipinski definition) is 2. The summed E-state index contributed by atoms with van der Waals surface area (Å²) in [6.45, 7) is 9.48. The first-order valence-corrected chi connectivity index (χ1v) is 6.43. The van der Waals surface area contributed by atoms with Gasteiger partial charge in [0.2, 0.25) is 0 Å². The molecule has 1 aromatic carbocycles. The van der Waals surface area contributed by atoms with E-state index in [1.165, 1.54) is 11.1 Å². The number of ether oxygens (including phenoxy) is 1. The van der Waals surface area contributed by atoms with Gasteiger partial charge in [-0.2, -0.15) is 0 Å². The fraction of sp³-hybridized carbons (Fsp3) is 0.571. The minimum atomic E-state index is 0.463. The second-order valence-electron chi connectivity index (χ2n) is 4.88. The zero-order valence-corrected chi connectivity index (χ0v) is 12.1. The molecule has 0 aromatic heterocycles. The molecule has 0 spiro atoms. The largest absolute Gasteiger partial charge is 0.495 e. The standard InChI is InChI=1S/C14H22ClNO/c1-9(2)12-7-14(17-5)13(15)6-11(12)8-16-10(3)4/h6-7,9-10,16H,8H2,1-5H3. The van der Waals surface area contributed by atoms with E-state index in [9.17, 15) is 0 Å². The summed E-state index contributed by atoms with van der Waals surface area (Å²) >= 11 is 6.17. The van der Waals surface area contributed by atoms with E-state index in [0.29, 0.717) is 17.0 Å². The van der Waals surface area contributed by atoms with Crippen LogP contribution in [0.3, 0.4) is 0 Å². The van der Waals surface area contributed by atoms with Crippen molar-refractivity contribution in [2.75, 3.05) is 7.11 Å². The third-order valence-corrected chi connectivity index (χ3v) is 3.03. The van der Waals surface area contributed by atoms with Gasteiger partial charge in [-0.25, -0.2) is 0 Å². The van der Waals surface area contributed by atoms with Crippen molar-refractivity contribution in [3.8, 4) is 5.75 Å². The van der Waals surface area contributed by atoms with Crippen LogP contribution in [0.4, 0.5) is 0 Å². The van der Waals surface area contributed by atoms with E-state index < -0.39 is 0 Å². The van der Waals surface area contributed by atoms with Gasteiger partial charge in [-0.05, 0) is 29.2 Å². The number of halogens is 1. The van der Waals surface area contributed by atoms with Gasteiger partial charge in [0.25, 0.3) is 0 Å². The highest BCUT2D eigenvalue weighted by molar-refractivity contribution is 6.32. The monoisotopic (exact) mass is 255 g/mol. The molecule has 0 amide bonds. The molecule has 1 aromatic rings. The molecule has 0 aliphatic heterocycles. The molecule has 0 saturated carbocycles. The molecule has 0 fully saturated rings. The quantitative estimate of drug-likeness (QED) is 0.860. The lowest BCUT2D eigenvalue weighted by Gasteiger charge is -2.17. The maximum atomic E-state index is 6.17. The fourth-order valence-corrected chi connectivity index (χ4v) is 2.03. The molecule has 0 saturated heterocycles. The summed E-state index contributed by atoms with van der Waals surface area (Å²) in [5, 5.41) is 4.10. The molecule has 0 atom stereocenters. The Hall–Kier alpha value is -0.730. The molecule has 2 nitrogen and oxygen atoms in total. The highest BCUT2D eigenvalue weighted by Gasteiger charge is 2.12. The third kappa shape index (κ3) is 3.90. The zero-order chi connectivity index (χ0) is 13.0. The van der Waals surface area contributed by atoms with E-state index in [1.54, 1.807) is 7.11 Å². The molecule has 3 heteroatoms. The highest BCUT2D eigenvalue weighted by Crippen LogP contribution is 2.31. The summed E-state index contributed by atoms with van der Waals surface area (Å²) in [4.78, 5) is 0. The number of methoxy groups -OCH3 is 1. The molecule has 0 bridgehead atoms. The van der Waals surface area contributed by atoms with Gasteiger partial charge in [0, 0.05) is 12.6 Å². The molecule has 0 aliphatic carbocycles. The number of nitrogens with one attached hydrogen (secondary N) is 1. The van der Waals surface area contributed by atoms with Crippen molar-refractivity contribution in [3.63, 3.8) is 0 Å². The Balaban J connectivity index is 3.05. The van der Waals surface area contributed by atoms with E-state index in [2.05, 4.69) is 33.0 Å². The van der Waals surface area contributed by atoms with Crippen LogP contribution in [0.15, 0.2) is 12.1 Å². The average Bonchev–Trinajstić information content (AvgIpc) is 2.25. The van der Waals surface area contributed by atoms with Gasteiger partial charge in [-0.1, -0.05) is 39.3 Å². The molecule has 0 radical (unpaired) electrons. The predicted octanol–water partition coefficient (Wildman–Crippen LogP) is 3.97.